The fourth-order valence-corrected chi connectivity index (χ4v) is 1.32. The molecule has 15 heavy (non-hydrogen) atoms. The molecule has 86 valence electrons. The summed E-state index contributed by atoms with van der Waals surface area (Å²) in [7, 11) is 1.61. The standard InChI is InChI=1S/C10H19N3O2/c1-4-5-8(11)6-9-12-10(13-15-9)7(2)14-3/h7-8H,4-6,11H2,1-3H3. The first-order valence-corrected chi connectivity index (χ1v) is 5.28. The van der Waals surface area contributed by atoms with Crippen LogP contribution >= 0.6 is 0 Å². The quantitative estimate of drug-likeness (QED) is 0.774. The number of rotatable bonds is 6. The summed E-state index contributed by atoms with van der Waals surface area (Å²) in [6.07, 6.45) is 2.54. The molecule has 1 rings (SSSR count). The molecule has 0 aliphatic carbocycles. The SMILES string of the molecule is CCCC(N)Cc1nc(C(C)OC)no1. The molecule has 2 unspecified atom stereocenters. The number of hydrogen-bond donors (Lipinski definition) is 1. The Labute approximate surface area is 90.0 Å². The highest BCUT2D eigenvalue weighted by Crippen LogP contribution is 2.12. The molecule has 0 bridgehead atoms. The average molecular weight is 213 g/mol. The Kier molecular flexibility index (Phi) is 4.71. The highest BCUT2D eigenvalue weighted by molar-refractivity contribution is 4.91. The first-order valence-electron chi connectivity index (χ1n) is 5.28. The van der Waals surface area contributed by atoms with Crippen LogP contribution < -0.4 is 5.73 Å². The maximum atomic E-state index is 5.88. The van der Waals surface area contributed by atoms with Gasteiger partial charge in [-0.1, -0.05) is 18.5 Å². The van der Waals surface area contributed by atoms with Gasteiger partial charge in [-0.05, 0) is 13.3 Å². The van der Waals surface area contributed by atoms with Crippen molar-refractivity contribution in [2.45, 2.75) is 45.3 Å². The van der Waals surface area contributed by atoms with E-state index in [1.54, 1.807) is 7.11 Å². The molecule has 0 amide bonds. The Morgan fingerprint density at radius 2 is 2.27 bits per heavy atom. The molecule has 1 aromatic rings. The van der Waals surface area contributed by atoms with Crippen molar-refractivity contribution in [3.8, 4) is 0 Å². The van der Waals surface area contributed by atoms with Gasteiger partial charge >= 0.3 is 0 Å². The van der Waals surface area contributed by atoms with Gasteiger partial charge in [-0.2, -0.15) is 4.98 Å². The van der Waals surface area contributed by atoms with Gasteiger partial charge in [-0.15, -0.1) is 0 Å². The normalized spacial score (nSPS) is 15.2. The Bertz CT molecular complexity index is 288. The van der Waals surface area contributed by atoms with E-state index in [0.29, 0.717) is 18.1 Å². The Hall–Kier alpha value is -0.940. The van der Waals surface area contributed by atoms with Crippen LogP contribution in [0.25, 0.3) is 0 Å². The van der Waals surface area contributed by atoms with Crippen molar-refractivity contribution < 1.29 is 9.26 Å². The molecule has 2 N–H and O–H groups in total. The first-order chi connectivity index (χ1) is 7.17. The number of nitrogens with zero attached hydrogens (tertiary/aromatic N) is 2. The number of nitrogens with two attached hydrogens (primary N) is 1. The van der Waals surface area contributed by atoms with E-state index in [1.165, 1.54) is 0 Å². The molecular weight excluding hydrogens is 194 g/mol. The summed E-state index contributed by atoms with van der Waals surface area (Å²) in [6.45, 7) is 3.98. The molecule has 0 saturated carbocycles. The lowest BCUT2D eigenvalue weighted by atomic mass is 10.1. The van der Waals surface area contributed by atoms with Crippen molar-refractivity contribution in [3.63, 3.8) is 0 Å². The van der Waals surface area contributed by atoms with Gasteiger partial charge in [-0.25, -0.2) is 0 Å². The predicted molar refractivity (Wildman–Crippen MR) is 56.3 cm³/mol. The van der Waals surface area contributed by atoms with Gasteiger partial charge in [0.25, 0.3) is 0 Å². The van der Waals surface area contributed by atoms with E-state index in [4.69, 9.17) is 15.0 Å². The molecule has 1 aromatic heterocycles. The average Bonchev–Trinajstić information content (AvgIpc) is 2.65. The molecule has 2 atom stereocenters. The summed E-state index contributed by atoms with van der Waals surface area (Å²) in [5, 5.41) is 3.83. The highest BCUT2D eigenvalue weighted by atomic mass is 16.5. The zero-order valence-corrected chi connectivity index (χ0v) is 9.56. The van der Waals surface area contributed by atoms with Crippen LogP contribution in [0.1, 0.15) is 44.5 Å². The van der Waals surface area contributed by atoms with Crippen molar-refractivity contribution in [2.24, 2.45) is 5.73 Å². The molecule has 1 heterocycles. The van der Waals surface area contributed by atoms with Crippen LogP contribution in [0, 0.1) is 0 Å². The van der Waals surface area contributed by atoms with Crippen molar-refractivity contribution in [1.82, 2.24) is 10.1 Å². The van der Waals surface area contributed by atoms with Crippen LogP contribution in [0.2, 0.25) is 0 Å². The van der Waals surface area contributed by atoms with Crippen molar-refractivity contribution in [2.75, 3.05) is 7.11 Å². The summed E-state index contributed by atoms with van der Waals surface area (Å²) in [5.74, 6) is 1.17. The Morgan fingerprint density at radius 1 is 1.53 bits per heavy atom. The topological polar surface area (TPSA) is 74.2 Å². The zero-order valence-electron chi connectivity index (χ0n) is 9.56. The van der Waals surface area contributed by atoms with E-state index in [-0.39, 0.29) is 12.1 Å². The lowest BCUT2D eigenvalue weighted by molar-refractivity contribution is 0.109. The summed E-state index contributed by atoms with van der Waals surface area (Å²) in [6, 6.07) is 0.0983. The maximum Gasteiger partial charge on any atom is 0.228 e. The molecule has 0 aliphatic rings. The van der Waals surface area contributed by atoms with Crippen LogP contribution in [0.15, 0.2) is 4.52 Å². The number of aromatic nitrogens is 2. The van der Waals surface area contributed by atoms with Crippen LogP contribution in [0.4, 0.5) is 0 Å². The smallest absolute Gasteiger partial charge is 0.228 e. The van der Waals surface area contributed by atoms with Gasteiger partial charge in [-0.3, -0.25) is 0 Å². The molecule has 0 radical (unpaired) electrons. The largest absolute Gasteiger partial charge is 0.374 e. The lowest BCUT2D eigenvalue weighted by Crippen LogP contribution is -2.22. The summed E-state index contributed by atoms with van der Waals surface area (Å²) < 4.78 is 10.2. The monoisotopic (exact) mass is 213 g/mol. The number of hydrogen-bond acceptors (Lipinski definition) is 5. The summed E-state index contributed by atoms with van der Waals surface area (Å²) in [4.78, 5) is 4.22. The van der Waals surface area contributed by atoms with Gasteiger partial charge < -0.3 is 15.0 Å². The molecule has 0 fully saturated rings. The van der Waals surface area contributed by atoms with Crippen molar-refractivity contribution >= 4 is 0 Å². The zero-order chi connectivity index (χ0) is 11.3. The third kappa shape index (κ3) is 3.60. The molecule has 5 nitrogen and oxygen atoms in total. The minimum atomic E-state index is -0.134. The molecule has 5 heteroatoms. The predicted octanol–water partition coefficient (Wildman–Crippen LogP) is 1.45. The minimum Gasteiger partial charge on any atom is -0.374 e. The third-order valence-electron chi connectivity index (χ3n) is 2.30. The van der Waals surface area contributed by atoms with Crippen LogP contribution in [-0.2, 0) is 11.2 Å². The minimum absolute atomic E-state index is 0.0983. The van der Waals surface area contributed by atoms with Gasteiger partial charge in [0.05, 0.1) is 0 Å². The number of ether oxygens (including phenoxy) is 1. The van der Waals surface area contributed by atoms with Crippen LogP contribution in [0.3, 0.4) is 0 Å². The second kappa shape index (κ2) is 5.82. The summed E-state index contributed by atoms with van der Waals surface area (Å²) >= 11 is 0. The second-order valence-corrected chi connectivity index (χ2v) is 3.68. The van der Waals surface area contributed by atoms with E-state index < -0.39 is 0 Å². The van der Waals surface area contributed by atoms with Gasteiger partial charge in [0.2, 0.25) is 5.89 Å². The molecular formula is C10H19N3O2. The lowest BCUT2D eigenvalue weighted by Gasteiger charge is -2.05. The molecule has 0 aliphatic heterocycles. The Balaban J connectivity index is 2.52. The number of methoxy groups -OCH3 is 1. The van der Waals surface area contributed by atoms with E-state index >= 15 is 0 Å². The maximum absolute atomic E-state index is 5.88. The van der Waals surface area contributed by atoms with E-state index in [0.717, 1.165) is 12.8 Å². The third-order valence-corrected chi connectivity index (χ3v) is 2.30. The fraction of sp³-hybridized carbons (Fsp3) is 0.800. The van der Waals surface area contributed by atoms with Gasteiger partial charge in [0.15, 0.2) is 5.82 Å². The molecule has 0 saturated heterocycles. The Morgan fingerprint density at radius 3 is 2.87 bits per heavy atom. The van der Waals surface area contributed by atoms with Gasteiger partial charge in [0, 0.05) is 19.6 Å². The van der Waals surface area contributed by atoms with Crippen molar-refractivity contribution in [3.05, 3.63) is 11.7 Å². The van der Waals surface area contributed by atoms with E-state index in [9.17, 15) is 0 Å². The van der Waals surface area contributed by atoms with E-state index in [2.05, 4.69) is 17.1 Å². The first kappa shape index (κ1) is 12.1. The van der Waals surface area contributed by atoms with Crippen LogP contribution in [0.5, 0.6) is 0 Å². The second-order valence-electron chi connectivity index (χ2n) is 3.68. The summed E-state index contributed by atoms with van der Waals surface area (Å²) in [5.41, 5.74) is 5.88. The van der Waals surface area contributed by atoms with Crippen molar-refractivity contribution in [1.29, 1.82) is 0 Å². The highest BCUT2D eigenvalue weighted by Gasteiger charge is 2.14. The fourth-order valence-electron chi connectivity index (χ4n) is 1.32. The molecule has 0 spiro atoms. The van der Waals surface area contributed by atoms with Gasteiger partial charge in [0.1, 0.15) is 6.10 Å². The molecule has 0 aromatic carbocycles. The van der Waals surface area contributed by atoms with E-state index in [1.807, 2.05) is 6.92 Å². The van der Waals surface area contributed by atoms with Crippen LogP contribution in [-0.4, -0.2) is 23.3 Å².